The normalized spacial score (nSPS) is 28.9. The van der Waals surface area contributed by atoms with Gasteiger partial charge in [-0.15, -0.1) is 0 Å². The van der Waals surface area contributed by atoms with Gasteiger partial charge in [0, 0.05) is 61.8 Å². The summed E-state index contributed by atoms with van der Waals surface area (Å²) in [6.45, 7) is 5.03. The van der Waals surface area contributed by atoms with Crippen molar-refractivity contribution in [3.8, 4) is 0 Å². The molecule has 0 aromatic carbocycles. The average Bonchev–Trinajstić information content (AvgIpc) is 3.01. The smallest absolute Gasteiger partial charge is 0.379 e. The van der Waals surface area contributed by atoms with Crippen molar-refractivity contribution >= 4 is 23.5 Å². The summed E-state index contributed by atoms with van der Waals surface area (Å²) < 4.78 is 55.5. The van der Waals surface area contributed by atoms with Crippen LogP contribution in [0.25, 0.3) is 0 Å². The highest BCUT2D eigenvalue weighted by molar-refractivity contribution is 8.04. The Balaban J connectivity index is 1.10. The summed E-state index contributed by atoms with van der Waals surface area (Å²) in [6, 6.07) is 0.590. The first-order valence-corrected chi connectivity index (χ1v) is 16.0. The summed E-state index contributed by atoms with van der Waals surface area (Å²) in [5, 5.41) is 7.08. The van der Waals surface area contributed by atoms with Gasteiger partial charge in [0.2, 0.25) is 0 Å². The third-order valence-electron chi connectivity index (χ3n) is 8.81. The fraction of sp³-hybridized carbons (Fsp3) is 0.700. The number of alkyl halides is 3. The molecule has 1 aromatic rings. The fourth-order valence-electron chi connectivity index (χ4n) is 6.39. The molecule has 0 bridgehead atoms. The third kappa shape index (κ3) is 8.72. The molecule has 1 amide bonds. The molecule has 3 fully saturated rings. The van der Waals surface area contributed by atoms with Crippen molar-refractivity contribution in [2.75, 3.05) is 45.3 Å². The number of nitrogens with zero attached hydrogens (tertiary/aromatic N) is 3. The van der Waals surface area contributed by atoms with E-state index in [0.717, 1.165) is 45.1 Å². The summed E-state index contributed by atoms with van der Waals surface area (Å²) in [5.41, 5.74) is -3.17. The second kappa shape index (κ2) is 14.7. The highest BCUT2D eigenvalue weighted by Gasteiger charge is 2.34. The molecule has 5 atom stereocenters. The Bertz CT molecular complexity index is 1160. The number of carbonyl (C=O) groups is 1. The number of anilines is 1. The van der Waals surface area contributed by atoms with Crippen LogP contribution >= 0.6 is 11.8 Å². The predicted molar refractivity (Wildman–Crippen MR) is 159 cm³/mol. The zero-order valence-electron chi connectivity index (χ0n) is 24.8. The Morgan fingerprint density at radius 3 is 2.72 bits per heavy atom. The van der Waals surface area contributed by atoms with Gasteiger partial charge in [-0.05, 0) is 63.6 Å². The number of hydrogen-bond donors (Lipinski definition) is 2. The lowest BCUT2D eigenvalue weighted by molar-refractivity contribution is -0.0615. The molecule has 1 unspecified atom stereocenters. The molecule has 0 spiro atoms. The van der Waals surface area contributed by atoms with E-state index in [1.54, 1.807) is 19.3 Å². The van der Waals surface area contributed by atoms with E-state index < -0.39 is 5.51 Å². The Kier molecular flexibility index (Phi) is 11.0. The van der Waals surface area contributed by atoms with Gasteiger partial charge >= 0.3 is 5.51 Å². The molecule has 9 nitrogen and oxygen atoms in total. The predicted octanol–water partition coefficient (Wildman–Crippen LogP) is 4.85. The molecule has 5 rings (SSSR count). The van der Waals surface area contributed by atoms with E-state index in [2.05, 4.69) is 20.6 Å². The minimum Gasteiger partial charge on any atom is -0.379 e. The van der Waals surface area contributed by atoms with Crippen LogP contribution in [0.1, 0.15) is 61.0 Å². The zero-order valence-corrected chi connectivity index (χ0v) is 25.6. The van der Waals surface area contributed by atoms with Gasteiger partial charge in [-0.2, -0.15) is 13.2 Å². The van der Waals surface area contributed by atoms with Crippen LogP contribution in [0.3, 0.4) is 0 Å². The van der Waals surface area contributed by atoms with E-state index in [1.165, 1.54) is 6.33 Å². The second-order valence-electron chi connectivity index (χ2n) is 11.7. The van der Waals surface area contributed by atoms with Crippen molar-refractivity contribution < 1.29 is 32.2 Å². The summed E-state index contributed by atoms with van der Waals surface area (Å²) in [4.78, 5) is 24.3. The molecule has 0 radical (unpaired) electrons. The molecular formula is C30H42F3N5O4S. The number of halogens is 3. The molecule has 4 heterocycles. The van der Waals surface area contributed by atoms with Crippen LogP contribution in [0.5, 0.6) is 0 Å². The lowest BCUT2D eigenvalue weighted by Gasteiger charge is -2.38. The molecule has 0 saturated carbocycles. The number of thioether (sulfide) groups is 1. The molecule has 238 valence electrons. The molecule has 13 heteroatoms. The highest BCUT2D eigenvalue weighted by Crippen LogP contribution is 2.40. The molecule has 1 aliphatic carbocycles. The van der Waals surface area contributed by atoms with Gasteiger partial charge in [-0.25, -0.2) is 9.97 Å². The maximum atomic E-state index is 13.4. The maximum Gasteiger partial charge on any atom is 0.446 e. The number of carbonyl (C=O) groups excluding carboxylic acids is 1. The first-order valence-electron chi connectivity index (χ1n) is 15.2. The van der Waals surface area contributed by atoms with Crippen molar-refractivity contribution in [1.29, 1.82) is 0 Å². The largest absolute Gasteiger partial charge is 0.446 e. The topological polar surface area (TPSA) is 97.8 Å². The minimum atomic E-state index is -4.28. The number of rotatable bonds is 9. The highest BCUT2D eigenvalue weighted by atomic mass is 32.2. The quantitative estimate of drug-likeness (QED) is 0.399. The van der Waals surface area contributed by atoms with Gasteiger partial charge in [-0.1, -0.05) is 18.2 Å². The molecular weight excluding hydrogens is 583 g/mol. The number of ether oxygens (including phenoxy) is 3. The summed E-state index contributed by atoms with van der Waals surface area (Å²) in [7, 11) is 1.72. The van der Waals surface area contributed by atoms with Crippen LogP contribution in [0.4, 0.5) is 19.0 Å². The van der Waals surface area contributed by atoms with E-state index in [1.807, 2.05) is 17.9 Å². The van der Waals surface area contributed by atoms with Crippen LogP contribution in [-0.4, -0.2) is 96.6 Å². The Morgan fingerprint density at radius 1 is 1.19 bits per heavy atom. The standard InChI is InChI=1S/C30H42F3N5O4S/c1-19-27(29(39)38-13-10-21(11-14-38)37-24-12-15-41-17-26(24)40-2)35-18-36-28(19)34-16-22-4-3-5-25(42-22)20-6-8-23(9-7-20)43-30(31,32)33/h6,8-9,18,20-22,24-26,37H,3-5,7,10-17H2,1-2H3,(H,34,35,36)/t20?,22-,24+,25+,26-/m1/s1. The molecule has 3 aliphatic heterocycles. The molecule has 3 saturated heterocycles. The minimum absolute atomic E-state index is 0.0432. The summed E-state index contributed by atoms with van der Waals surface area (Å²) >= 11 is -0.0732. The van der Waals surface area contributed by atoms with Gasteiger partial charge in [-0.3, -0.25) is 4.79 Å². The van der Waals surface area contributed by atoms with Gasteiger partial charge < -0.3 is 29.7 Å². The number of piperidine rings is 1. The summed E-state index contributed by atoms with van der Waals surface area (Å²) in [5.74, 6) is 0.583. The first kappa shape index (κ1) is 32.2. The SMILES string of the molecule is CO[C@@H]1COCC[C@@H]1NC1CCN(C(=O)c2ncnc(NC[C@H]3CCC[C@@H](C4C=CC(SC(F)(F)F)=CC4)O3)c2C)CC1. The number of aromatic nitrogens is 2. The van der Waals surface area contributed by atoms with Gasteiger partial charge in [0.1, 0.15) is 17.8 Å². The maximum absolute atomic E-state index is 13.4. The molecule has 43 heavy (non-hydrogen) atoms. The monoisotopic (exact) mass is 625 g/mol. The number of nitrogens with one attached hydrogen (secondary N) is 2. The number of allylic oxidation sites excluding steroid dienone is 2. The van der Waals surface area contributed by atoms with Crippen molar-refractivity contribution in [1.82, 2.24) is 20.2 Å². The van der Waals surface area contributed by atoms with Gasteiger partial charge in [0.25, 0.3) is 5.91 Å². The Hall–Kier alpha value is -2.19. The first-order chi connectivity index (χ1) is 20.7. The number of methoxy groups -OCH3 is 1. The molecule has 2 N–H and O–H groups in total. The average molecular weight is 626 g/mol. The van der Waals surface area contributed by atoms with E-state index >= 15 is 0 Å². The molecule has 4 aliphatic rings. The van der Waals surface area contributed by atoms with Crippen molar-refractivity contribution in [2.24, 2.45) is 5.92 Å². The number of amides is 1. The lowest BCUT2D eigenvalue weighted by Crippen LogP contribution is -2.54. The van der Waals surface area contributed by atoms with Gasteiger partial charge in [0.05, 0.1) is 24.9 Å². The lowest BCUT2D eigenvalue weighted by atomic mass is 9.89. The van der Waals surface area contributed by atoms with E-state index in [-0.39, 0.29) is 52.8 Å². The van der Waals surface area contributed by atoms with Crippen LogP contribution in [0.2, 0.25) is 0 Å². The number of likely N-dealkylation sites (tertiary alicyclic amines) is 1. The van der Waals surface area contributed by atoms with Crippen molar-refractivity contribution in [2.45, 2.75) is 87.8 Å². The van der Waals surface area contributed by atoms with Gasteiger partial charge in [0.15, 0.2) is 0 Å². The van der Waals surface area contributed by atoms with E-state index in [0.29, 0.717) is 55.8 Å². The molecule has 1 aromatic heterocycles. The van der Waals surface area contributed by atoms with Crippen LogP contribution in [-0.2, 0) is 14.2 Å². The Labute approximate surface area is 255 Å². The van der Waals surface area contributed by atoms with Crippen LogP contribution in [0.15, 0.2) is 29.5 Å². The van der Waals surface area contributed by atoms with Crippen LogP contribution in [0, 0.1) is 12.8 Å². The van der Waals surface area contributed by atoms with E-state index in [4.69, 9.17) is 14.2 Å². The fourth-order valence-corrected chi connectivity index (χ4v) is 6.98. The third-order valence-corrected chi connectivity index (χ3v) is 9.58. The van der Waals surface area contributed by atoms with E-state index in [9.17, 15) is 18.0 Å². The van der Waals surface area contributed by atoms with Crippen LogP contribution < -0.4 is 10.6 Å². The van der Waals surface area contributed by atoms with Crippen molar-refractivity contribution in [3.05, 3.63) is 40.7 Å². The number of hydrogen-bond acceptors (Lipinski definition) is 9. The Morgan fingerprint density at radius 2 is 2.00 bits per heavy atom. The zero-order chi connectivity index (χ0) is 30.4. The summed E-state index contributed by atoms with van der Waals surface area (Å²) in [6.07, 6.45) is 12.3. The van der Waals surface area contributed by atoms with Crippen molar-refractivity contribution in [3.63, 3.8) is 0 Å². The second-order valence-corrected chi connectivity index (χ2v) is 12.8.